The number of rotatable bonds is 6. The van der Waals surface area contributed by atoms with Gasteiger partial charge in [-0.3, -0.25) is 9.69 Å². The third kappa shape index (κ3) is 3.69. The lowest BCUT2D eigenvalue weighted by Crippen LogP contribution is -2.58. The van der Waals surface area contributed by atoms with Gasteiger partial charge in [0.25, 0.3) is 0 Å². The number of likely N-dealkylation sites (tertiary alicyclic amines) is 1. The van der Waals surface area contributed by atoms with Crippen LogP contribution in [0.15, 0.2) is 0 Å². The summed E-state index contributed by atoms with van der Waals surface area (Å²) in [6.45, 7) is 11.6. The highest BCUT2D eigenvalue weighted by Crippen LogP contribution is 2.24. The smallest absolute Gasteiger partial charge is 0.237 e. The first-order valence-corrected chi connectivity index (χ1v) is 7.09. The van der Waals surface area contributed by atoms with E-state index < -0.39 is 5.54 Å². The lowest BCUT2D eigenvalue weighted by atomic mass is 9.91. The molecule has 1 fully saturated rings. The molecule has 3 unspecified atom stereocenters. The first-order valence-electron chi connectivity index (χ1n) is 7.09. The molecule has 4 heteroatoms. The number of nitrogens with one attached hydrogen (secondary N) is 1. The molecular weight excluding hydrogens is 226 g/mol. The van der Waals surface area contributed by atoms with E-state index in [1.165, 1.54) is 12.8 Å². The Morgan fingerprint density at radius 1 is 1.50 bits per heavy atom. The number of hydrogen-bond donors (Lipinski definition) is 2. The second kappa shape index (κ2) is 6.02. The Hall–Kier alpha value is -0.610. The molecular formula is C14H29N3O. The molecule has 1 saturated heterocycles. The zero-order valence-corrected chi connectivity index (χ0v) is 12.5. The third-order valence-electron chi connectivity index (χ3n) is 4.03. The van der Waals surface area contributed by atoms with Gasteiger partial charge in [0, 0.05) is 18.1 Å². The first-order chi connectivity index (χ1) is 8.26. The van der Waals surface area contributed by atoms with E-state index in [-0.39, 0.29) is 11.9 Å². The molecule has 1 rings (SSSR count). The number of hydrogen-bond acceptors (Lipinski definition) is 3. The summed E-state index contributed by atoms with van der Waals surface area (Å²) in [5, 5.41) is 3.32. The van der Waals surface area contributed by atoms with Crippen LogP contribution in [0.25, 0.3) is 0 Å². The van der Waals surface area contributed by atoms with Crippen LogP contribution in [0.4, 0.5) is 0 Å². The molecule has 0 aromatic heterocycles. The van der Waals surface area contributed by atoms with E-state index in [4.69, 9.17) is 5.73 Å². The molecule has 0 aromatic carbocycles. The van der Waals surface area contributed by atoms with Gasteiger partial charge in [-0.1, -0.05) is 0 Å². The molecule has 1 heterocycles. The molecule has 0 radical (unpaired) electrons. The Kier molecular flexibility index (Phi) is 5.17. The van der Waals surface area contributed by atoms with Crippen molar-refractivity contribution in [3.8, 4) is 0 Å². The molecule has 0 aromatic rings. The highest BCUT2D eigenvalue weighted by Gasteiger charge is 2.36. The number of carbonyl (C=O) groups is 1. The van der Waals surface area contributed by atoms with Crippen molar-refractivity contribution in [1.82, 2.24) is 10.2 Å². The second-order valence-corrected chi connectivity index (χ2v) is 6.28. The van der Waals surface area contributed by atoms with Gasteiger partial charge in [-0.2, -0.15) is 0 Å². The summed E-state index contributed by atoms with van der Waals surface area (Å²) < 4.78 is 0. The zero-order valence-electron chi connectivity index (χ0n) is 12.5. The van der Waals surface area contributed by atoms with E-state index in [2.05, 4.69) is 24.1 Å². The average Bonchev–Trinajstić information content (AvgIpc) is 2.62. The maximum atomic E-state index is 11.7. The molecule has 106 valence electrons. The van der Waals surface area contributed by atoms with E-state index in [1.54, 1.807) is 0 Å². The van der Waals surface area contributed by atoms with Crippen molar-refractivity contribution >= 4 is 5.91 Å². The minimum atomic E-state index is -0.615. The summed E-state index contributed by atoms with van der Waals surface area (Å²) in [7, 11) is 0. The molecule has 1 amide bonds. The molecule has 18 heavy (non-hydrogen) atoms. The molecule has 1 aliphatic heterocycles. The largest absolute Gasteiger partial charge is 0.368 e. The number of nitrogens with zero attached hydrogens (tertiary/aromatic N) is 1. The van der Waals surface area contributed by atoms with Gasteiger partial charge < -0.3 is 11.1 Å². The van der Waals surface area contributed by atoms with Crippen molar-refractivity contribution in [3.63, 3.8) is 0 Å². The van der Waals surface area contributed by atoms with Crippen molar-refractivity contribution in [2.24, 2.45) is 5.73 Å². The van der Waals surface area contributed by atoms with Crippen LogP contribution >= 0.6 is 0 Å². The SMILES string of the molecule is CC(C)NC(C)(CC(C)N1CCCC1C)C(N)=O. The molecule has 0 spiro atoms. The van der Waals surface area contributed by atoms with Crippen LogP contribution in [0.2, 0.25) is 0 Å². The quantitative estimate of drug-likeness (QED) is 0.756. The van der Waals surface area contributed by atoms with Crippen molar-refractivity contribution in [3.05, 3.63) is 0 Å². The minimum Gasteiger partial charge on any atom is -0.368 e. The number of carbonyl (C=O) groups excluding carboxylic acids is 1. The van der Waals surface area contributed by atoms with E-state index >= 15 is 0 Å². The Labute approximate surface area is 111 Å². The predicted molar refractivity (Wildman–Crippen MR) is 75.4 cm³/mol. The van der Waals surface area contributed by atoms with Crippen LogP contribution < -0.4 is 11.1 Å². The highest BCUT2D eigenvalue weighted by molar-refractivity contribution is 5.84. The summed E-state index contributed by atoms with van der Waals surface area (Å²) in [5.74, 6) is -0.255. The normalized spacial score (nSPS) is 26.2. The lowest BCUT2D eigenvalue weighted by molar-refractivity contribution is -0.125. The summed E-state index contributed by atoms with van der Waals surface area (Å²) in [4.78, 5) is 14.2. The van der Waals surface area contributed by atoms with Crippen LogP contribution in [0, 0.1) is 0 Å². The van der Waals surface area contributed by atoms with Crippen molar-refractivity contribution < 1.29 is 4.79 Å². The molecule has 0 aliphatic carbocycles. The van der Waals surface area contributed by atoms with Gasteiger partial charge in [-0.05, 0) is 60.4 Å². The second-order valence-electron chi connectivity index (χ2n) is 6.28. The van der Waals surface area contributed by atoms with Gasteiger partial charge in [0.1, 0.15) is 0 Å². The third-order valence-corrected chi connectivity index (χ3v) is 4.03. The monoisotopic (exact) mass is 255 g/mol. The van der Waals surface area contributed by atoms with Gasteiger partial charge in [0.05, 0.1) is 5.54 Å². The molecule has 3 atom stereocenters. The molecule has 4 nitrogen and oxygen atoms in total. The average molecular weight is 255 g/mol. The fourth-order valence-corrected chi connectivity index (χ4v) is 3.19. The van der Waals surface area contributed by atoms with E-state index in [0.29, 0.717) is 12.1 Å². The Balaban J connectivity index is 2.68. The molecule has 0 bridgehead atoms. The summed E-state index contributed by atoms with van der Waals surface area (Å²) in [6, 6.07) is 1.26. The summed E-state index contributed by atoms with van der Waals surface area (Å²) >= 11 is 0. The number of amides is 1. The maximum absolute atomic E-state index is 11.7. The van der Waals surface area contributed by atoms with Crippen LogP contribution in [0.1, 0.15) is 53.9 Å². The van der Waals surface area contributed by atoms with Crippen LogP contribution in [-0.2, 0) is 4.79 Å². The van der Waals surface area contributed by atoms with E-state index in [9.17, 15) is 4.79 Å². The van der Waals surface area contributed by atoms with Crippen molar-refractivity contribution in [2.75, 3.05) is 6.54 Å². The summed E-state index contributed by atoms with van der Waals surface area (Å²) in [5.41, 5.74) is 4.97. The van der Waals surface area contributed by atoms with Gasteiger partial charge in [0.15, 0.2) is 0 Å². The van der Waals surface area contributed by atoms with Gasteiger partial charge >= 0.3 is 0 Å². The van der Waals surface area contributed by atoms with Gasteiger partial charge in [0.2, 0.25) is 5.91 Å². The van der Waals surface area contributed by atoms with Crippen molar-refractivity contribution in [1.29, 1.82) is 0 Å². The minimum absolute atomic E-state index is 0.255. The number of primary amides is 1. The Bertz CT molecular complexity index is 293. The van der Waals surface area contributed by atoms with Crippen LogP contribution in [-0.4, -0.2) is 41.0 Å². The maximum Gasteiger partial charge on any atom is 0.237 e. The molecule has 1 aliphatic rings. The highest BCUT2D eigenvalue weighted by atomic mass is 16.1. The fourth-order valence-electron chi connectivity index (χ4n) is 3.19. The first kappa shape index (κ1) is 15.4. The van der Waals surface area contributed by atoms with Crippen LogP contribution in [0.5, 0.6) is 0 Å². The predicted octanol–water partition coefficient (Wildman–Crippen LogP) is 1.49. The van der Waals surface area contributed by atoms with E-state index in [0.717, 1.165) is 13.0 Å². The number of nitrogens with two attached hydrogens (primary N) is 1. The molecule has 3 N–H and O–H groups in total. The lowest BCUT2D eigenvalue weighted by Gasteiger charge is -2.37. The summed E-state index contributed by atoms with van der Waals surface area (Å²) in [6.07, 6.45) is 3.29. The Morgan fingerprint density at radius 2 is 2.11 bits per heavy atom. The van der Waals surface area contributed by atoms with Crippen molar-refractivity contribution in [2.45, 2.75) is 77.5 Å². The Morgan fingerprint density at radius 3 is 2.50 bits per heavy atom. The van der Waals surface area contributed by atoms with Crippen LogP contribution in [0.3, 0.4) is 0 Å². The van der Waals surface area contributed by atoms with Gasteiger partial charge in [-0.15, -0.1) is 0 Å². The van der Waals surface area contributed by atoms with Gasteiger partial charge in [-0.25, -0.2) is 0 Å². The standard InChI is InChI=1S/C14H29N3O/c1-10(2)16-14(5,13(15)18)9-12(4)17-8-6-7-11(17)3/h10-12,16H,6-9H2,1-5H3,(H2,15,18). The fraction of sp³-hybridized carbons (Fsp3) is 0.929. The molecule has 0 saturated carbocycles. The van der Waals surface area contributed by atoms with E-state index in [1.807, 2.05) is 20.8 Å². The topological polar surface area (TPSA) is 58.4 Å². The zero-order chi connectivity index (χ0) is 13.9.